The molecule has 0 atom stereocenters. The van der Waals surface area contributed by atoms with Crippen LogP contribution in [0.3, 0.4) is 0 Å². The minimum atomic E-state index is -2.50. The molecule has 0 fully saturated rings. The highest BCUT2D eigenvalue weighted by molar-refractivity contribution is 4.21. The number of hydrogen-bond acceptors (Lipinski definition) is 6. The first-order valence-corrected chi connectivity index (χ1v) is 5.20. The highest BCUT2D eigenvalue weighted by Crippen LogP contribution is 1.82. The van der Waals surface area contributed by atoms with Crippen molar-refractivity contribution in [2.75, 3.05) is 63.4 Å². The van der Waals surface area contributed by atoms with E-state index in [-0.39, 0.29) is 0 Å². The van der Waals surface area contributed by atoms with Gasteiger partial charge in [0.2, 0.25) is 0 Å². The first-order valence-electron chi connectivity index (χ1n) is 5.20. The zero-order valence-electron chi connectivity index (χ0n) is 13.2. The summed E-state index contributed by atoms with van der Waals surface area (Å²) < 4.78 is 0. The molecule has 110 valence electrons. The minimum Gasteiger partial charge on any atom is -0.344 e. The van der Waals surface area contributed by atoms with Crippen LogP contribution in [-0.4, -0.2) is 99.4 Å². The Balaban J connectivity index is -0.0000000667. The van der Waals surface area contributed by atoms with Gasteiger partial charge >= 0.3 is 0 Å². The van der Waals surface area contributed by atoms with Crippen molar-refractivity contribution >= 4 is 0 Å². The van der Waals surface area contributed by atoms with E-state index in [0.717, 1.165) is 6.92 Å². The second-order valence-electron chi connectivity index (χ2n) is 5.00. The third-order valence-electron chi connectivity index (χ3n) is 0. The molecule has 0 amide bonds. The average Bonchev–Trinajstić information content (AvgIpc) is 1.73. The Morgan fingerprint density at radius 2 is 0.529 bits per heavy atom. The van der Waals surface area contributed by atoms with Crippen LogP contribution in [0.1, 0.15) is 6.92 Å². The zero-order chi connectivity index (χ0) is 15.2. The highest BCUT2D eigenvalue weighted by Gasteiger charge is 2.03. The van der Waals surface area contributed by atoms with E-state index in [0.29, 0.717) is 0 Å². The van der Waals surface area contributed by atoms with Gasteiger partial charge < -0.3 is 30.0 Å². The quantitative estimate of drug-likeness (QED) is 0.491. The molecule has 6 heteroatoms. The molecule has 0 spiro atoms. The second-order valence-corrected chi connectivity index (χ2v) is 5.00. The van der Waals surface area contributed by atoms with Gasteiger partial charge in [0.1, 0.15) is 0 Å². The van der Waals surface area contributed by atoms with Crippen molar-refractivity contribution in [1.29, 1.82) is 0 Å². The lowest BCUT2D eigenvalue weighted by Crippen LogP contribution is -2.20. The number of hydrogen-bond donors (Lipinski definition) is 3. The molecule has 0 saturated heterocycles. The maximum absolute atomic E-state index is 7.63. The lowest BCUT2D eigenvalue weighted by molar-refractivity contribution is -0.297. The first-order chi connectivity index (χ1) is 7.20. The van der Waals surface area contributed by atoms with Crippen LogP contribution in [0.2, 0.25) is 0 Å². The summed E-state index contributed by atoms with van der Waals surface area (Å²) in [6, 6.07) is 0. The van der Waals surface area contributed by atoms with E-state index < -0.39 is 5.97 Å². The molecule has 0 aromatic heterocycles. The van der Waals surface area contributed by atoms with Crippen LogP contribution in [0.25, 0.3) is 0 Å². The van der Waals surface area contributed by atoms with Crippen molar-refractivity contribution in [3.8, 4) is 0 Å². The van der Waals surface area contributed by atoms with Crippen LogP contribution < -0.4 is 0 Å². The number of aliphatic hydroxyl groups is 3. The summed E-state index contributed by atoms with van der Waals surface area (Å²) in [5, 5.41) is 22.9. The molecule has 0 heterocycles. The number of rotatable bonds is 0. The molecule has 0 rings (SSSR count). The summed E-state index contributed by atoms with van der Waals surface area (Å²) in [5.41, 5.74) is 0. The Labute approximate surface area is 107 Å². The molecule has 17 heavy (non-hydrogen) atoms. The van der Waals surface area contributed by atoms with Crippen LogP contribution in [-0.2, 0) is 0 Å². The molecule has 6 nitrogen and oxygen atoms in total. The van der Waals surface area contributed by atoms with E-state index in [4.69, 9.17) is 15.3 Å². The van der Waals surface area contributed by atoms with Crippen molar-refractivity contribution in [2.45, 2.75) is 12.9 Å². The summed E-state index contributed by atoms with van der Waals surface area (Å²) in [6.07, 6.45) is 0. The van der Waals surface area contributed by atoms with E-state index in [9.17, 15) is 0 Å². The Morgan fingerprint density at radius 1 is 0.529 bits per heavy atom. The highest BCUT2D eigenvalue weighted by atomic mass is 16.7. The maximum atomic E-state index is 7.63. The normalized spacial score (nSPS) is 9.88. The van der Waals surface area contributed by atoms with Crippen LogP contribution >= 0.6 is 0 Å². The standard InChI is InChI=1S/3C3H9N.C2H6O3/c3*1-4(2)3;1-2(3,4)5/h3*1-3H3;3-5H,1H3. The minimum absolute atomic E-state index is 0.854. The summed E-state index contributed by atoms with van der Waals surface area (Å²) in [7, 11) is 18.0. The molecule has 3 N–H and O–H groups in total. The lowest BCUT2D eigenvalue weighted by Gasteiger charge is -2.01. The molecule has 0 bridgehead atoms. The van der Waals surface area contributed by atoms with E-state index in [1.54, 1.807) is 0 Å². The Morgan fingerprint density at radius 3 is 0.529 bits per heavy atom. The summed E-state index contributed by atoms with van der Waals surface area (Å²) in [5.74, 6) is -2.50. The molecule has 0 aromatic rings. The molecule has 0 aliphatic heterocycles. The van der Waals surface area contributed by atoms with Gasteiger partial charge in [-0.25, -0.2) is 0 Å². The van der Waals surface area contributed by atoms with Gasteiger partial charge in [0.25, 0.3) is 5.97 Å². The van der Waals surface area contributed by atoms with Crippen molar-refractivity contribution in [3.63, 3.8) is 0 Å². The van der Waals surface area contributed by atoms with Crippen molar-refractivity contribution in [1.82, 2.24) is 14.7 Å². The first kappa shape index (κ1) is 25.6. The lowest BCUT2D eigenvalue weighted by atomic mass is 10.7. The SMILES string of the molecule is CC(O)(O)O.CN(C)C.CN(C)C.CN(C)C. The third-order valence-corrected chi connectivity index (χ3v) is 0. The second kappa shape index (κ2) is 15.8. The fourth-order valence-corrected chi connectivity index (χ4v) is 0. The van der Waals surface area contributed by atoms with Crippen molar-refractivity contribution < 1.29 is 15.3 Å². The third kappa shape index (κ3) is 51800. The summed E-state index contributed by atoms with van der Waals surface area (Å²) in [6.45, 7) is 0.854. The van der Waals surface area contributed by atoms with Crippen molar-refractivity contribution in [3.05, 3.63) is 0 Å². The molecule has 0 saturated carbocycles. The fraction of sp³-hybridized carbons (Fsp3) is 1.00. The Kier molecular flexibility index (Phi) is 23.7. The number of nitrogens with zero attached hydrogens (tertiary/aromatic N) is 3. The largest absolute Gasteiger partial charge is 0.344 e. The van der Waals surface area contributed by atoms with Gasteiger partial charge in [0.05, 0.1) is 0 Å². The van der Waals surface area contributed by atoms with Crippen molar-refractivity contribution in [2.24, 2.45) is 0 Å². The van der Waals surface area contributed by atoms with Gasteiger partial charge in [-0.3, -0.25) is 0 Å². The molecule has 0 radical (unpaired) electrons. The van der Waals surface area contributed by atoms with Gasteiger partial charge in [-0.15, -0.1) is 0 Å². The van der Waals surface area contributed by atoms with Gasteiger partial charge in [-0.05, 0) is 63.4 Å². The Bertz CT molecular complexity index is 95.1. The predicted octanol–water partition coefficient (Wildman–Crippen LogP) is -0.830. The van der Waals surface area contributed by atoms with Gasteiger partial charge in [-0.1, -0.05) is 0 Å². The van der Waals surface area contributed by atoms with Crippen LogP contribution in [0.15, 0.2) is 0 Å². The molecule has 0 unspecified atom stereocenters. The topological polar surface area (TPSA) is 70.4 Å². The van der Waals surface area contributed by atoms with E-state index >= 15 is 0 Å². The monoisotopic (exact) mass is 255 g/mol. The Hall–Kier alpha value is -0.240. The molecule has 0 aliphatic carbocycles. The average molecular weight is 255 g/mol. The summed E-state index contributed by atoms with van der Waals surface area (Å²) in [4.78, 5) is 6.00. The molecular formula is C11H33N3O3. The van der Waals surface area contributed by atoms with Crippen LogP contribution in [0.5, 0.6) is 0 Å². The summed E-state index contributed by atoms with van der Waals surface area (Å²) >= 11 is 0. The smallest absolute Gasteiger partial charge is 0.272 e. The van der Waals surface area contributed by atoms with Crippen LogP contribution in [0, 0.1) is 0 Å². The maximum Gasteiger partial charge on any atom is 0.272 e. The predicted molar refractivity (Wildman–Crippen MR) is 73.9 cm³/mol. The van der Waals surface area contributed by atoms with Gasteiger partial charge in [0, 0.05) is 6.92 Å². The molecule has 0 aromatic carbocycles. The fourth-order valence-electron chi connectivity index (χ4n) is 0. The van der Waals surface area contributed by atoms with Crippen LogP contribution in [0.4, 0.5) is 0 Å². The van der Waals surface area contributed by atoms with Gasteiger partial charge in [-0.2, -0.15) is 0 Å². The molecular weight excluding hydrogens is 222 g/mol. The van der Waals surface area contributed by atoms with Gasteiger partial charge in [0.15, 0.2) is 0 Å². The van der Waals surface area contributed by atoms with E-state index in [1.807, 2.05) is 78.1 Å². The molecule has 0 aliphatic rings. The van der Waals surface area contributed by atoms with E-state index in [2.05, 4.69) is 0 Å². The van der Waals surface area contributed by atoms with E-state index in [1.165, 1.54) is 0 Å². The zero-order valence-corrected chi connectivity index (χ0v) is 13.2.